The highest BCUT2D eigenvalue weighted by Gasteiger charge is 2.21. The summed E-state index contributed by atoms with van der Waals surface area (Å²) >= 11 is 0. The molecule has 0 saturated heterocycles. The van der Waals surface area contributed by atoms with Crippen LogP contribution in [-0.4, -0.2) is 25.1 Å². The van der Waals surface area contributed by atoms with E-state index in [1.807, 2.05) is 31.3 Å². The topological polar surface area (TPSA) is 82.3 Å². The number of pyridine rings is 2. The molecule has 7 heteroatoms. The second-order valence-electron chi connectivity index (χ2n) is 9.83. The standard InChI is InChI=1S/C32H29FN6/c1-4-20(15-25(5-2)36-19(3)21-7-6-8-21)23-16-27-31(38-39-32(27)35-18-23)29-17-26-28(37-29)13-14-34-30(26)22-9-11-24(33)12-10-22/h4-5,9-18,21,36-37H,2-3,6-8H2,1H3,(H,35,38,39)/b20-4+,25-15+. The second kappa shape index (κ2) is 10.2. The molecule has 1 aliphatic carbocycles. The smallest absolute Gasteiger partial charge is 0.181 e. The summed E-state index contributed by atoms with van der Waals surface area (Å²) in [7, 11) is 0. The third-order valence-corrected chi connectivity index (χ3v) is 7.42. The number of aromatic amines is 2. The van der Waals surface area contributed by atoms with E-state index in [2.05, 4.69) is 61.8 Å². The number of nitrogens with zero attached hydrogens (tertiary/aromatic N) is 3. The van der Waals surface area contributed by atoms with Crippen LogP contribution in [0.2, 0.25) is 0 Å². The van der Waals surface area contributed by atoms with E-state index < -0.39 is 0 Å². The van der Waals surface area contributed by atoms with Crippen LogP contribution in [0.15, 0.2) is 97.6 Å². The summed E-state index contributed by atoms with van der Waals surface area (Å²) in [5.41, 5.74) is 8.82. The van der Waals surface area contributed by atoms with Crippen molar-refractivity contribution in [2.75, 3.05) is 0 Å². The maximum absolute atomic E-state index is 13.5. The van der Waals surface area contributed by atoms with E-state index in [4.69, 9.17) is 0 Å². The van der Waals surface area contributed by atoms with E-state index in [0.717, 1.165) is 61.5 Å². The number of hydrogen-bond acceptors (Lipinski definition) is 4. The van der Waals surface area contributed by atoms with Crippen LogP contribution in [0, 0.1) is 11.7 Å². The fourth-order valence-electron chi connectivity index (χ4n) is 4.98. The second-order valence-corrected chi connectivity index (χ2v) is 9.83. The summed E-state index contributed by atoms with van der Waals surface area (Å²) in [4.78, 5) is 12.7. The van der Waals surface area contributed by atoms with E-state index in [1.165, 1.54) is 31.4 Å². The summed E-state index contributed by atoms with van der Waals surface area (Å²) < 4.78 is 13.5. The minimum atomic E-state index is -0.275. The first-order chi connectivity index (χ1) is 19.0. The zero-order chi connectivity index (χ0) is 26.9. The molecule has 194 valence electrons. The van der Waals surface area contributed by atoms with Crippen LogP contribution in [-0.2, 0) is 0 Å². The summed E-state index contributed by atoms with van der Waals surface area (Å²) in [6.45, 7) is 10.2. The van der Waals surface area contributed by atoms with Gasteiger partial charge in [0.1, 0.15) is 5.82 Å². The van der Waals surface area contributed by atoms with Crippen molar-refractivity contribution >= 4 is 27.5 Å². The van der Waals surface area contributed by atoms with E-state index >= 15 is 0 Å². The molecule has 3 N–H and O–H groups in total. The van der Waals surface area contributed by atoms with Crippen molar-refractivity contribution in [2.24, 2.45) is 5.92 Å². The molecule has 1 aliphatic rings. The number of hydrogen-bond donors (Lipinski definition) is 3. The fraction of sp³-hybridized carbons (Fsp3) is 0.156. The number of aromatic nitrogens is 5. The molecular weight excluding hydrogens is 487 g/mol. The van der Waals surface area contributed by atoms with Gasteiger partial charge in [0.15, 0.2) is 5.65 Å². The summed E-state index contributed by atoms with van der Waals surface area (Å²) in [6.07, 6.45) is 13.2. The lowest BCUT2D eigenvalue weighted by molar-refractivity contribution is 0.356. The Bertz CT molecular complexity index is 1770. The first-order valence-corrected chi connectivity index (χ1v) is 13.1. The lowest BCUT2D eigenvalue weighted by Crippen LogP contribution is -2.23. The van der Waals surface area contributed by atoms with Gasteiger partial charge in [-0.25, -0.2) is 9.37 Å². The summed E-state index contributed by atoms with van der Waals surface area (Å²) in [6, 6.07) is 12.4. The van der Waals surface area contributed by atoms with Gasteiger partial charge in [0.2, 0.25) is 0 Å². The van der Waals surface area contributed by atoms with Gasteiger partial charge in [0.05, 0.1) is 17.1 Å². The predicted molar refractivity (Wildman–Crippen MR) is 156 cm³/mol. The first-order valence-electron chi connectivity index (χ1n) is 13.1. The highest BCUT2D eigenvalue weighted by molar-refractivity contribution is 5.99. The van der Waals surface area contributed by atoms with E-state index in [-0.39, 0.29) is 5.82 Å². The number of rotatable bonds is 8. The Hall–Kier alpha value is -4.78. The molecule has 0 bridgehead atoms. The average molecular weight is 517 g/mol. The number of allylic oxidation sites excluding steroid dienone is 5. The molecule has 0 aliphatic heterocycles. The SMILES string of the molecule is C=C/C(=C\C(=C/C)c1cnc2n[nH]c(-c3cc4c(-c5ccc(F)cc5)nccc4[nH]3)c2c1)NC(=C)C1CCC1. The molecular formula is C32H29FN6. The number of halogens is 1. The Kier molecular flexibility index (Phi) is 6.40. The number of benzene rings is 1. The lowest BCUT2D eigenvalue weighted by Gasteiger charge is -2.28. The predicted octanol–water partition coefficient (Wildman–Crippen LogP) is 7.68. The molecule has 0 spiro atoms. The minimum Gasteiger partial charge on any atom is -0.359 e. The molecule has 0 radical (unpaired) electrons. The van der Waals surface area contributed by atoms with Crippen LogP contribution in [0.25, 0.3) is 50.2 Å². The molecule has 0 unspecified atom stereocenters. The van der Waals surface area contributed by atoms with Crippen molar-refractivity contribution in [1.82, 2.24) is 30.5 Å². The van der Waals surface area contributed by atoms with Gasteiger partial charge in [-0.3, -0.25) is 10.1 Å². The van der Waals surface area contributed by atoms with E-state index in [9.17, 15) is 4.39 Å². The molecule has 6 nitrogen and oxygen atoms in total. The molecule has 0 atom stereocenters. The molecule has 5 aromatic rings. The molecule has 1 fully saturated rings. The van der Waals surface area contributed by atoms with Crippen molar-refractivity contribution < 1.29 is 4.39 Å². The number of fused-ring (bicyclic) bond motifs is 2. The van der Waals surface area contributed by atoms with Crippen LogP contribution in [0.3, 0.4) is 0 Å². The van der Waals surface area contributed by atoms with E-state index in [0.29, 0.717) is 11.6 Å². The molecule has 6 rings (SSSR count). The highest BCUT2D eigenvalue weighted by atomic mass is 19.1. The zero-order valence-electron chi connectivity index (χ0n) is 21.8. The third kappa shape index (κ3) is 4.68. The van der Waals surface area contributed by atoms with Crippen LogP contribution in [0.4, 0.5) is 4.39 Å². The van der Waals surface area contributed by atoms with Crippen LogP contribution in [0.1, 0.15) is 31.7 Å². The number of H-pyrrole nitrogens is 2. The van der Waals surface area contributed by atoms with Crippen molar-refractivity contribution in [3.05, 3.63) is 109 Å². The van der Waals surface area contributed by atoms with Crippen LogP contribution in [0.5, 0.6) is 0 Å². The van der Waals surface area contributed by atoms with E-state index in [1.54, 1.807) is 18.3 Å². The van der Waals surface area contributed by atoms with Gasteiger partial charge in [-0.1, -0.05) is 25.7 Å². The molecule has 4 aromatic heterocycles. The summed E-state index contributed by atoms with van der Waals surface area (Å²) in [5.74, 6) is 0.256. The van der Waals surface area contributed by atoms with Crippen molar-refractivity contribution in [1.29, 1.82) is 0 Å². The van der Waals surface area contributed by atoms with Crippen molar-refractivity contribution in [3.63, 3.8) is 0 Å². The largest absolute Gasteiger partial charge is 0.359 e. The Labute approximate surface area is 226 Å². The van der Waals surface area contributed by atoms with Gasteiger partial charge in [0.25, 0.3) is 0 Å². The van der Waals surface area contributed by atoms with Crippen molar-refractivity contribution in [2.45, 2.75) is 26.2 Å². The first kappa shape index (κ1) is 24.6. The van der Waals surface area contributed by atoms with Crippen LogP contribution >= 0.6 is 0 Å². The Morgan fingerprint density at radius 1 is 1.10 bits per heavy atom. The highest BCUT2D eigenvalue weighted by Crippen LogP contribution is 2.34. The molecule has 1 aromatic carbocycles. The van der Waals surface area contributed by atoms with Gasteiger partial charge in [-0.05, 0) is 85.9 Å². The third-order valence-electron chi connectivity index (χ3n) is 7.42. The Balaban J connectivity index is 1.36. The lowest BCUT2D eigenvalue weighted by atomic mass is 9.83. The molecule has 0 amide bonds. The monoisotopic (exact) mass is 516 g/mol. The van der Waals surface area contributed by atoms with Gasteiger partial charge in [0, 0.05) is 51.2 Å². The average Bonchev–Trinajstić information content (AvgIpc) is 3.54. The maximum atomic E-state index is 13.5. The fourth-order valence-corrected chi connectivity index (χ4v) is 4.98. The molecule has 4 heterocycles. The van der Waals surface area contributed by atoms with Crippen molar-refractivity contribution in [3.8, 4) is 22.6 Å². The zero-order valence-corrected chi connectivity index (χ0v) is 21.8. The normalized spacial score (nSPS) is 14.5. The molecule has 39 heavy (non-hydrogen) atoms. The Morgan fingerprint density at radius 3 is 2.64 bits per heavy atom. The van der Waals surface area contributed by atoms with Gasteiger partial charge >= 0.3 is 0 Å². The minimum absolute atomic E-state index is 0.275. The number of nitrogens with one attached hydrogen (secondary N) is 3. The van der Waals surface area contributed by atoms with Crippen LogP contribution < -0.4 is 5.32 Å². The van der Waals surface area contributed by atoms with Gasteiger partial charge in [-0.2, -0.15) is 5.10 Å². The summed E-state index contributed by atoms with van der Waals surface area (Å²) in [5, 5.41) is 12.9. The maximum Gasteiger partial charge on any atom is 0.181 e. The quantitative estimate of drug-likeness (QED) is 0.185. The Morgan fingerprint density at radius 2 is 1.92 bits per heavy atom. The van der Waals surface area contributed by atoms with Gasteiger partial charge < -0.3 is 10.3 Å². The molecule has 1 saturated carbocycles. The van der Waals surface area contributed by atoms with Gasteiger partial charge in [-0.15, -0.1) is 0 Å².